The second kappa shape index (κ2) is 9.00. The summed E-state index contributed by atoms with van der Waals surface area (Å²) in [7, 11) is -0.0184. The molecule has 0 aliphatic carbocycles. The highest BCUT2D eigenvalue weighted by Crippen LogP contribution is 2.36. The van der Waals surface area contributed by atoms with Crippen LogP contribution < -0.4 is 14.8 Å². The lowest BCUT2D eigenvalue weighted by Crippen LogP contribution is -2.37. The standard InChI is InChI=1S/C19H29N5O4S/c1-13-8-14(27-16-9-15(26-5)21-11-22-16)10-24(13)12-29-7-6-20-17(29)23-18(25)28-19(2,3)4/h6-7,9,11,13-14,29H,8,10,12H2,1-5H3,(H,20,23,25)/t13-,14+/m0/s1/i12D2. The molecule has 29 heavy (non-hydrogen) atoms. The van der Waals surface area contributed by atoms with Crippen LogP contribution in [-0.4, -0.2) is 63.4 Å². The van der Waals surface area contributed by atoms with Crippen LogP contribution in [0.15, 0.2) is 29.0 Å². The number of nitrogens with one attached hydrogen (secondary N) is 1. The molecule has 1 N–H and O–H groups in total. The zero-order chi connectivity index (χ0) is 22.8. The van der Waals surface area contributed by atoms with Crippen molar-refractivity contribution in [3.05, 3.63) is 24.0 Å². The molecule has 1 aromatic rings. The summed E-state index contributed by atoms with van der Waals surface area (Å²) < 4.78 is 34.0. The maximum atomic E-state index is 12.2. The van der Waals surface area contributed by atoms with Gasteiger partial charge in [-0.05, 0) is 33.1 Å². The first kappa shape index (κ1) is 18.7. The van der Waals surface area contributed by atoms with Crippen molar-refractivity contribution in [2.45, 2.75) is 51.9 Å². The van der Waals surface area contributed by atoms with E-state index < -0.39 is 28.4 Å². The monoisotopic (exact) mass is 425 g/mol. The highest BCUT2D eigenvalue weighted by Gasteiger charge is 2.33. The van der Waals surface area contributed by atoms with E-state index in [-0.39, 0.29) is 17.3 Å². The Morgan fingerprint density at radius 2 is 2.17 bits per heavy atom. The Hall–Kier alpha value is -2.33. The van der Waals surface area contributed by atoms with E-state index in [1.54, 1.807) is 37.1 Å². The lowest BCUT2D eigenvalue weighted by Gasteiger charge is -2.27. The number of amidine groups is 1. The Morgan fingerprint density at radius 1 is 1.41 bits per heavy atom. The van der Waals surface area contributed by atoms with Crippen LogP contribution in [0.5, 0.6) is 11.8 Å². The molecule has 9 nitrogen and oxygen atoms in total. The molecule has 3 heterocycles. The Labute approximate surface area is 176 Å². The van der Waals surface area contributed by atoms with Crippen molar-refractivity contribution in [1.82, 2.24) is 20.2 Å². The molecule has 0 aromatic carbocycles. The van der Waals surface area contributed by atoms with E-state index in [0.717, 1.165) is 0 Å². The molecule has 10 heteroatoms. The molecule has 0 spiro atoms. The van der Waals surface area contributed by atoms with Crippen molar-refractivity contribution in [2.24, 2.45) is 4.99 Å². The molecular weight excluding hydrogens is 394 g/mol. The van der Waals surface area contributed by atoms with Gasteiger partial charge in [0.1, 0.15) is 18.0 Å². The number of aromatic nitrogens is 2. The third-order valence-corrected chi connectivity index (χ3v) is 5.73. The molecule has 1 unspecified atom stereocenters. The molecule has 1 fully saturated rings. The molecule has 1 aromatic heterocycles. The number of rotatable bonds is 5. The van der Waals surface area contributed by atoms with Gasteiger partial charge in [-0.15, -0.1) is 0 Å². The van der Waals surface area contributed by atoms with E-state index in [1.165, 1.54) is 19.6 Å². The highest BCUT2D eigenvalue weighted by molar-refractivity contribution is 8.32. The maximum absolute atomic E-state index is 12.2. The van der Waals surface area contributed by atoms with Gasteiger partial charge in [0.15, 0.2) is 5.17 Å². The molecule has 2 aliphatic heterocycles. The predicted molar refractivity (Wildman–Crippen MR) is 114 cm³/mol. The molecule has 1 amide bonds. The zero-order valence-corrected chi connectivity index (χ0v) is 18.1. The second-order valence-corrected chi connectivity index (χ2v) is 9.39. The summed E-state index contributed by atoms with van der Waals surface area (Å²) in [6, 6.07) is 1.52. The first-order valence-electron chi connectivity index (χ1n) is 10.3. The van der Waals surface area contributed by atoms with Gasteiger partial charge in [-0.25, -0.2) is 19.8 Å². The molecule has 0 saturated carbocycles. The third kappa shape index (κ3) is 6.07. The largest absolute Gasteiger partial charge is 0.481 e. The number of carbonyl (C=O) groups is 1. The van der Waals surface area contributed by atoms with Crippen LogP contribution in [0.4, 0.5) is 4.79 Å². The van der Waals surface area contributed by atoms with Crippen molar-refractivity contribution >= 4 is 22.2 Å². The molecule has 3 rings (SSSR count). The van der Waals surface area contributed by atoms with Crippen LogP contribution in [0.2, 0.25) is 0 Å². The molecule has 1 saturated heterocycles. The average Bonchev–Trinajstić information content (AvgIpc) is 3.27. The van der Waals surface area contributed by atoms with Gasteiger partial charge in [0.2, 0.25) is 11.8 Å². The van der Waals surface area contributed by atoms with Gasteiger partial charge in [-0.2, -0.15) is 10.9 Å². The average molecular weight is 426 g/mol. The van der Waals surface area contributed by atoms with E-state index in [2.05, 4.69) is 20.3 Å². The molecule has 0 bridgehead atoms. The molecule has 2 aliphatic rings. The normalized spacial score (nSPS) is 27.1. The minimum atomic E-state index is -1.74. The van der Waals surface area contributed by atoms with Crippen LogP contribution in [-0.2, 0) is 4.74 Å². The number of nitrogens with zero attached hydrogens (tertiary/aromatic N) is 4. The van der Waals surface area contributed by atoms with Gasteiger partial charge in [-0.1, -0.05) is 0 Å². The number of hydrogen-bond donors (Lipinski definition) is 2. The quantitative estimate of drug-likeness (QED) is 0.700. The SMILES string of the molecule is [2H]C([2H])(N1C[C@H](Oc2cc(OC)ncn2)C[C@@H]1C)[SH]1C=CN=C1NC(=O)OC(C)(C)C. The summed E-state index contributed by atoms with van der Waals surface area (Å²) in [5.74, 6) is -0.958. The van der Waals surface area contributed by atoms with Crippen molar-refractivity contribution in [2.75, 3.05) is 19.5 Å². The number of methoxy groups -OCH3 is 1. The van der Waals surface area contributed by atoms with E-state index in [0.29, 0.717) is 24.7 Å². The van der Waals surface area contributed by atoms with Crippen LogP contribution in [0.25, 0.3) is 0 Å². The van der Waals surface area contributed by atoms with Gasteiger partial charge in [0.25, 0.3) is 0 Å². The van der Waals surface area contributed by atoms with Crippen LogP contribution >= 0.6 is 10.9 Å². The van der Waals surface area contributed by atoms with E-state index in [9.17, 15) is 4.79 Å². The number of aliphatic imine (C=N–C) groups is 1. The summed E-state index contributed by atoms with van der Waals surface area (Å²) in [6.07, 6.45) is 2.63. The maximum Gasteiger partial charge on any atom is 0.413 e. The lowest BCUT2D eigenvalue weighted by atomic mass is 10.2. The molecule has 3 atom stereocenters. The highest BCUT2D eigenvalue weighted by atomic mass is 32.2. The summed E-state index contributed by atoms with van der Waals surface area (Å²) in [4.78, 5) is 26.2. The number of carbonyl (C=O) groups excluding carboxylic acids is 1. The summed E-state index contributed by atoms with van der Waals surface area (Å²) in [6.45, 7) is 7.62. The topological polar surface area (TPSA) is 98.2 Å². The number of likely N-dealkylation sites (tertiary alicyclic amines) is 1. The zero-order valence-electron chi connectivity index (χ0n) is 19.2. The molecule has 0 radical (unpaired) electrons. The minimum absolute atomic E-state index is 0.0805. The predicted octanol–water partition coefficient (Wildman–Crippen LogP) is 2.65. The second-order valence-electron chi connectivity index (χ2n) is 7.72. The Kier molecular flexibility index (Phi) is 5.80. The Bertz CT molecular complexity index is 877. The smallest absolute Gasteiger partial charge is 0.413 e. The number of ether oxygens (including phenoxy) is 3. The fourth-order valence-electron chi connectivity index (χ4n) is 2.89. The summed E-state index contributed by atoms with van der Waals surface area (Å²) in [5.41, 5.74) is -0.657. The fourth-order valence-corrected chi connectivity index (χ4v) is 4.35. The third-order valence-electron chi connectivity index (χ3n) is 4.14. The van der Waals surface area contributed by atoms with Crippen molar-refractivity contribution in [3.63, 3.8) is 0 Å². The summed E-state index contributed by atoms with van der Waals surface area (Å²) in [5, 5.41) is 4.61. The van der Waals surface area contributed by atoms with E-state index in [1.807, 2.05) is 6.92 Å². The fraction of sp³-hybridized carbons (Fsp3) is 0.579. The first-order valence-corrected chi connectivity index (χ1v) is 10.7. The molecular formula is C19H29N5O4S. The first-order chi connectivity index (χ1) is 14.5. The number of amides is 1. The number of hydrogen-bond acceptors (Lipinski definition) is 8. The van der Waals surface area contributed by atoms with Crippen LogP contribution in [0.3, 0.4) is 0 Å². The van der Waals surface area contributed by atoms with Gasteiger partial charge in [0.05, 0.1) is 15.9 Å². The lowest BCUT2D eigenvalue weighted by molar-refractivity contribution is 0.0564. The van der Waals surface area contributed by atoms with Gasteiger partial charge >= 0.3 is 6.09 Å². The van der Waals surface area contributed by atoms with Crippen molar-refractivity contribution in [3.8, 4) is 11.8 Å². The van der Waals surface area contributed by atoms with Gasteiger partial charge < -0.3 is 14.2 Å². The number of thiol groups is 1. The van der Waals surface area contributed by atoms with Crippen molar-refractivity contribution < 1.29 is 21.7 Å². The van der Waals surface area contributed by atoms with E-state index >= 15 is 0 Å². The Balaban J connectivity index is 1.67. The van der Waals surface area contributed by atoms with E-state index in [4.69, 9.17) is 17.0 Å². The van der Waals surface area contributed by atoms with Crippen LogP contribution in [0, 0.1) is 0 Å². The molecule has 160 valence electrons. The van der Waals surface area contributed by atoms with Crippen LogP contribution in [0.1, 0.15) is 36.9 Å². The number of alkyl carbamates (subject to hydrolysis) is 1. The van der Waals surface area contributed by atoms with Gasteiger partial charge in [-0.3, -0.25) is 10.2 Å². The summed E-state index contributed by atoms with van der Waals surface area (Å²) >= 11 is 0. The van der Waals surface area contributed by atoms with Gasteiger partial charge in [0, 0.05) is 31.0 Å². The van der Waals surface area contributed by atoms with Crippen molar-refractivity contribution in [1.29, 1.82) is 0 Å². The minimum Gasteiger partial charge on any atom is -0.481 e. The Morgan fingerprint density at radius 3 is 2.90 bits per heavy atom.